The number of nitrogens with one attached hydrogen (secondary N) is 1. The molecule has 2 N–H and O–H groups in total. The van der Waals surface area contributed by atoms with Crippen molar-refractivity contribution in [2.24, 2.45) is 0 Å². The van der Waals surface area contributed by atoms with Gasteiger partial charge in [0.1, 0.15) is 11.6 Å². The molecule has 92 valence electrons. The third kappa shape index (κ3) is 2.87. The Morgan fingerprint density at radius 2 is 1.83 bits per heavy atom. The highest BCUT2D eigenvalue weighted by Crippen LogP contribution is 2.20. The molecular formula is C13H9BrFNO2. The van der Waals surface area contributed by atoms with Crippen LogP contribution in [0.15, 0.2) is 46.9 Å². The van der Waals surface area contributed by atoms with Gasteiger partial charge in [-0.15, -0.1) is 0 Å². The fourth-order valence-electron chi connectivity index (χ4n) is 1.41. The van der Waals surface area contributed by atoms with Crippen LogP contribution in [0.25, 0.3) is 0 Å². The SMILES string of the molecule is O=C(Nc1ccc(O)cc1)c1cc(F)ccc1Br. The second-order valence-electron chi connectivity index (χ2n) is 3.63. The summed E-state index contributed by atoms with van der Waals surface area (Å²) in [6.07, 6.45) is 0. The molecule has 0 atom stereocenters. The average molecular weight is 310 g/mol. The summed E-state index contributed by atoms with van der Waals surface area (Å²) in [5.41, 5.74) is 0.733. The lowest BCUT2D eigenvalue weighted by Crippen LogP contribution is -2.12. The molecule has 2 aromatic rings. The number of rotatable bonds is 2. The highest BCUT2D eigenvalue weighted by molar-refractivity contribution is 9.10. The first kappa shape index (κ1) is 12.6. The zero-order chi connectivity index (χ0) is 13.1. The molecule has 0 fully saturated rings. The molecule has 3 nitrogen and oxygen atoms in total. The quantitative estimate of drug-likeness (QED) is 0.834. The Bertz CT molecular complexity index is 584. The summed E-state index contributed by atoms with van der Waals surface area (Å²) in [6, 6.07) is 9.91. The predicted octanol–water partition coefficient (Wildman–Crippen LogP) is 3.55. The number of anilines is 1. The van der Waals surface area contributed by atoms with Gasteiger partial charge in [0, 0.05) is 10.2 Å². The predicted molar refractivity (Wildman–Crippen MR) is 70.2 cm³/mol. The molecule has 0 aliphatic carbocycles. The van der Waals surface area contributed by atoms with Crippen molar-refractivity contribution in [3.8, 4) is 5.75 Å². The number of phenolic OH excluding ortho intramolecular Hbond substituents is 1. The molecule has 0 radical (unpaired) electrons. The molecule has 0 aromatic heterocycles. The van der Waals surface area contributed by atoms with E-state index in [0.717, 1.165) is 6.07 Å². The van der Waals surface area contributed by atoms with Crippen LogP contribution in [0.2, 0.25) is 0 Å². The summed E-state index contributed by atoms with van der Waals surface area (Å²) in [7, 11) is 0. The second-order valence-corrected chi connectivity index (χ2v) is 4.48. The zero-order valence-electron chi connectivity index (χ0n) is 9.15. The minimum Gasteiger partial charge on any atom is -0.508 e. The van der Waals surface area contributed by atoms with Crippen molar-refractivity contribution < 1.29 is 14.3 Å². The van der Waals surface area contributed by atoms with E-state index >= 15 is 0 Å². The van der Waals surface area contributed by atoms with E-state index in [-0.39, 0.29) is 11.3 Å². The molecule has 5 heteroatoms. The average Bonchev–Trinajstić information content (AvgIpc) is 2.35. The molecule has 0 spiro atoms. The molecule has 0 aliphatic rings. The van der Waals surface area contributed by atoms with Crippen LogP contribution in [0.4, 0.5) is 10.1 Å². The van der Waals surface area contributed by atoms with Gasteiger partial charge in [-0.1, -0.05) is 0 Å². The van der Waals surface area contributed by atoms with E-state index in [1.807, 2.05) is 0 Å². The lowest BCUT2D eigenvalue weighted by Gasteiger charge is -2.07. The van der Waals surface area contributed by atoms with Crippen molar-refractivity contribution in [2.75, 3.05) is 5.32 Å². The molecule has 0 bridgehead atoms. The lowest BCUT2D eigenvalue weighted by atomic mass is 10.2. The van der Waals surface area contributed by atoms with E-state index < -0.39 is 11.7 Å². The van der Waals surface area contributed by atoms with Crippen molar-refractivity contribution >= 4 is 27.5 Å². The number of halogens is 2. The Kier molecular flexibility index (Phi) is 3.62. The molecule has 2 aromatic carbocycles. The van der Waals surface area contributed by atoms with Gasteiger partial charge < -0.3 is 10.4 Å². The van der Waals surface area contributed by atoms with Gasteiger partial charge in [-0.2, -0.15) is 0 Å². The van der Waals surface area contributed by atoms with E-state index in [0.29, 0.717) is 10.2 Å². The van der Waals surface area contributed by atoms with Crippen LogP contribution >= 0.6 is 15.9 Å². The van der Waals surface area contributed by atoms with E-state index in [1.165, 1.54) is 24.3 Å². The molecule has 0 aliphatic heterocycles. The maximum atomic E-state index is 13.1. The highest BCUT2D eigenvalue weighted by atomic mass is 79.9. The van der Waals surface area contributed by atoms with Crippen molar-refractivity contribution in [1.29, 1.82) is 0 Å². The summed E-state index contributed by atoms with van der Waals surface area (Å²) in [5.74, 6) is -0.791. The minimum atomic E-state index is -0.478. The van der Waals surface area contributed by atoms with Gasteiger partial charge in [-0.3, -0.25) is 4.79 Å². The number of benzene rings is 2. The Hall–Kier alpha value is -1.88. The van der Waals surface area contributed by atoms with E-state index in [2.05, 4.69) is 21.2 Å². The maximum Gasteiger partial charge on any atom is 0.256 e. The van der Waals surface area contributed by atoms with Crippen molar-refractivity contribution in [3.05, 3.63) is 58.3 Å². The Labute approximate surface area is 111 Å². The fraction of sp³-hybridized carbons (Fsp3) is 0. The Morgan fingerprint density at radius 3 is 2.50 bits per heavy atom. The van der Waals surface area contributed by atoms with Gasteiger partial charge in [0.15, 0.2) is 0 Å². The van der Waals surface area contributed by atoms with Gasteiger partial charge in [-0.05, 0) is 58.4 Å². The standard InChI is InChI=1S/C13H9BrFNO2/c14-12-6-1-8(15)7-11(12)13(18)16-9-2-4-10(17)5-3-9/h1-7,17H,(H,16,18). The van der Waals surface area contributed by atoms with Crippen LogP contribution in [-0.4, -0.2) is 11.0 Å². The molecule has 2 rings (SSSR count). The number of carbonyl (C=O) groups is 1. The highest BCUT2D eigenvalue weighted by Gasteiger charge is 2.11. The molecule has 1 amide bonds. The molecule has 0 heterocycles. The normalized spacial score (nSPS) is 10.1. The zero-order valence-corrected chi connectivity index (χ0v) is 10.7. The number of hydrogen-bond acceptors (Lipinski definition) is 2. The van der Waals surface area contributed by atoms with Crippen LogP contribution < -0.4 is 5.32 Å². The van der Waals surface area contributed by atoms with Crippen molar-refractivity contribution in [3.63, 3.8) is 0 Å². The summed E-state index contributed by atoms with van der Waals surface area (Å²) < 4.78 is 13.6. The van der Waals surface area contributed by atoms with Gasteiger partial charge in [0.25, 0.3) is 5.91 Å². The van der Waals surface area contributed by atoms with Crippen LogP contribution in [0.3, 0.4) is 0 Å². The third-order valence-corrected chi connectivity index (χ3v) is 2.99. The van der Waals surface area contributed by atoms with Crippen LogP contribution in [0.5, 0.6) is 5.75 Å². The third-order valence-electron chi connectivity index (χ3n) is 2.30. The van der Waals surface area contributed by atoms with E-state index in [4.69, 9.17) is 5.11 Å². The second kappa shape index (κ2) is 5.18. The van der Waals surface area contributed by atoms with Gasteiger partial charge in [-0.25, -0.2) is 4.39 Å². The number of aromatic hydroxyl groups is 1. The van der Waals surface area contributed by atoms with Crippen LogP contribution in [0, 0.1) is 5.82 Å². The molecule has 0 unspecified atom stereocenters. The van der Waals surface area contributed by atoms with Crippen molar-refractivity contribution in [2.45, 2.75) is 0 Å². The lowest BCUT2D eigenvalue weighted by molar-refractivity contribution is 0.102. The van der Waals surface area contributed by atoms with Gasteiger partial charge in [0.05, 0.1) is 5.56 Å². The fourth-order valence-corrected chi connectivity index (χ4v) is 1.84. The smallest absolute Gasteiger partial charge is 0.256 e. The summed E-state index contributed by atoms with van der Waals surface area (Å²) in [6.45, 7) is 0. The number of phenols is 1. The maximum absolute atomic E-state index is 13.1. The molecule has 0 saturated heterocycles. The minimum absolute atomic E-state index is 0.111. The summed E-state index contributed by atoms with van der Waals surface area (Å²) >= 11 is 3.19. The Morgan fingerprint density at radius 1 is 1.17 bits per heavy atom. The van der Waals surface area contributed by atoms with E-state index in [9.17, 15) is 9.18 Å². The van der Waals surface area contributed by atoms with Crippen LogP contribution in [0.1, 0.15) is 10.4 Å². The first-order valence-electron chi connectivity index (χ1n) is 5.12. The van der Waals surface area contributed by atoms with E-state index in [1.54, 1.807) is 12.1 Å². The molecule has 18 heavy (non-hydrogen) atoms. The molecule has 0 saturated carbocycles. The van der Waals surface area contributed by atoms with Gasteiger partial charge in [0.2, 0.25) is 0 Å². The summed E-state index contributed by atoms with van der Waals surface area (Å²) in [5, 5.41) is 11.7. The molecular weight excluding hydrogens is 301 g/mol. The number of carbonyl (C=O) groups excluding carboxylic acids is 1. The van der Waals surface area contributed by atoms with Gasteiger partial charge >= 0.3 is 0 Å². The Balaban J connectivity index is 2.21. The first-order valence-corrected chi connectivity index (χ1v) is 5.91. The largest absolute Gasteiger partial charge is 0.508 e. The van der Waals surface area contributed by atoms with Crippen LogP contribution in [-0.2, 0) is 0 Å². The monoisotopic (exact) mass is 309 g/mol. The number of amides is 1. The van der Waals surface area contributed by atoms with Crippen molar-refractivity contribution in [1.82, 2.24) is 0 Å². The number of hydrogen-bond donors (Lipinski definition) is 2. The topological polar surface area (TPSA) is 49.3 Å². The summed E-state index contributed by atoms with van der Waals surface area (Å²) in [4.78, 5) is 11.9. The first-order chi connectivity index (χ1) is 8.56.